The van der Waals surface area contributed by atoms with Crippen LogP contribution in [0.25, 0.3) is 10.9 Å². The van der Waals surface area contributed by atoms with E-state index in [0.29, 0.717) is 18.9 Å². The molecule has 0 saturated carbocycles. The van der Waals surface area contributed by atoms with Crippen molar-refractivity contribution in [2.24, 2.45) is 0 Å². The summed E-state index contributed by atoms with van der Waals surface area (Å²) in [5.74, 6) is 0.572. The molecular weight excluding hydrogens is 200 g/mol. The molecule has 0 aliphatic carbocycles. The summed E-state index contributed by atoms with van der Waals surface area (Å²) < 4.78 is 5.44. The zero-order valence-corrected chi connectivity index (χ0v) is 9.10. The van der Waals surface area contributed by atoms with Crippen LogP contribution >= 0.6 is 0 Å². The Hall–Kier alpha value is -2.08. The molecule has 0 bridgehead atoms. The minimum absolute atomic E-state index is 0.327. The fourth-order valence-electron chi connectivity index (χ4n) is 1.62. The lowest BCUT2D eigenvalue weighted by Gasteiger charge is -2.08. The Morgan fingerprint density at radius 3 is 2.94 bits per heavy atom. The number of ether oxygens (including phenoxy) is 1. The number of hydrogen-bond acceptors (Lipinski definition) is 3. The normalized spacial score (nSPS) is 10.0. The van der Waals surface area contributed by atoms with Gasteiger partial charge in [0.2, 0.25) is 5.88 Å². The maximum atomic E-state index is 8.75. The molecule has 2 rings (SSSR count). The van der Waals surface area contributed by atoms with Crippen molar-refractivity contribution in [3.8, 4) is 11.9 Å². The molecule has 16 heavy (non-hydrogen) atoms. The summed E-state index contributed by atoms with van der Waals surface area (Å²) in [7, 11) is 0. The molecule has 0 spiro atoms. The fraction of sp³-hybridized carbons (Fsp3) is 0.231. The van der Waals surface area contributed by atoms with Gasteiger partial charge in [-0.05, 0) is 19.1 Å². The lowest BCUT2D eigenvalue weighted by molar-refractivity contribution is 0.325. The number of nitrogens with zero attached hydrogens (tertiary/aromatic N) is 2. The highest BCUT2D eigenvalue weighted by atomic mass is 16.5. The average molecular weight is 212 g/mol. The molecule has 3 heteroatoms. The van der Waals surface area contributed by atoms with Gasteiger partial charge < -0.3 is 4.74 Å². The van der Waals surface area contributed by atoms with E-state index in [9.17, 15) is 0 Å². The first kappa shape index (κ1) is 10.4. The minimum Gasteiger partial charge on any atom is -0.478 e. The number of benzene rings is 1. The van der Waals surface area contributed by atoms with Gasteiger partial charge in [-0.3, -0.25) is 0 Å². The van der Waals surface area contributed by atoms with Crippen molar-refractivity contribution in [3.63, 3.8) is 0 Å². The van der Waals surface area contributed by atoms with Gasteiger partial charge >= 0.3 is 0 Å². The molecule has 0 unspecified atom stereocenters. The standard InChI is InChI=1S/C13H12N2O/c1-2-16-13-11(7-8-14)9-10-5-3-4-6-12(10)15-13/h3-6,9H,2,7H2,1H3. The summed E-state index contributed by atoms with van der Waals surface area (Å²) in [5, 5.41) is 9.79. The second kappa shape index (κ2) is 4.63. The van der Waals surface area contributed by atoms with Crippen LogP contribution in [0.4, 0.5) is 0 Å². The Labute approximate surface area is 94.3 Å². The number of aromatic nitrogens is 1. The molecule has 0 amide bonds. The van der Waals surface area contributed by atoms with Crippen LogP contribution in [0.2, 0.25) is 0 Å². The Kier molecular flexibility index (Phi) is 3.02. The molecular formula is C13H12N2O. The Balaban J connectivity index is 2.57. The highest BCUT2D eigenvalue weighted by molar-refractivity contribution is 5.80. The maximum absolute atomic E-state index is 8.75. The maximum Gasteiger partial charge on any atom is 0.218 e. The Morgan fingerprint density at radius 2 is 2.19 bits per heavy atom. The van der Waals surface area contributed by atoms with Crippen molar-refractivity contribution in [2.75, 3.05) is 6.61 Å². The molecule has 2 aromatic rings. The summed E-state index contributed by atoms with van der Waals surface area (Å²) in [6.45, 7) is 2.47. The van der Waals surface area contributed by atoms with Crippen molar-refractivity contribution >= 4 is 10.9 Å². The summed E-state index contributed by atoms with van der Waals surface area (Å²) in [6, 6.07) is 11.9. The van der Waals surface area contributed by atoms with Crippen LogP contribution in [0, 0.1) is 11.3 Å². The van der Waals surface area contributed by atoms with E-state index in [0.717, 1.165) is 16.5 Å². The Bertz CT molecular complexity index is 543. The zero-order chi connectivity index (χ0) is 11.4. The van der Waals surface area contributed by atoms with Gasteiger partial charge in [0.05, 0.1) is 24.6 Å². The first-order chi connectivity index (χ1) is 7.85. The third-order valence-electron chi connectivity index (χ3n) is 2.31. The van der Waals surface area contributed by atoms with Crippen LogP contribution in [0.1, 0.15) is 12.5 Å². The molecule has 80 valence electrons. The number of rotatable bonds is 3. The average Bonchev–Trinajstić information content (AvgIpc) is 2.30. The van der Waals surface area contributed by atoms with Gasteiger partial charge in [0.15, 0.2) is 0 Å². The summed E-state index contributed by atoms with van der Waals surface area (Å²) in [4.78, 5) is 4.41. The fourth-order valence-corrected chi connectivity index (χ4v) is 1.62. The molecule has 0 radical (unpaired) electrons. The van der Waals surface area contributed by atoms with Gasteiger partial charge in [-0.1, -0.05) is 18.2 Å². The third-order valence-corrected chi connectivity index (χ3v) is 2.31. The second-order valence-corrected chi connectivity index (χ2v) is 3.41. The predicted octanol–water partition coefficient (Wildman–Crippen LogP) is 2.70. The molecule has 0 fully saturated rings. The quantitative estimate of drug-likeness (QED) is 0.785. The minimum atomic E-state index is 0.327. The SMILES string of the molecule is CCOc1nc2ccccc2cc1CC#N. The van der Waals surface area contributed by atoms with Crippen LogP contribution in [0.15, 0.2) is 30.3 Å². The van der Waals surface area contributed by atoms with E-state index in [1.807, 2.05) is 37.3 Å². The monoisotopic (exact) mass is 212 g/mol. The second-order valence-electron chi connectivity index (χ2n) is 3.41. The topological polar surface area (TPSA) is 45.9 Å². The molecule has 0 aliphatic rings. The highest BCUT2D eigenvalue weighted by Crippen LogP contribution is 2.22. The van der Waals surface area contributed by atoms with Crippen molar-refractivity contribution in [3.05, 3.63) is 35.9 Å². The first-order valence-electron chi connectivity index (χ1n) is 5.23. The highest BCUT2D eigenvalue weighted by Gasteiger charge is 2.06. The van der Waals surface area contributed by atoms with Crippen molar-refractivity contribution < 1.29 is 4.74 Å². The van der Waals surface area contributed by atoms with Gasteiger partial charge in [0.1, 0.15) is 0 Å². The van der Waals surface area contributed by atoms with Crippen LogP contribution < -0.4 is 4.74 Å². The van der Waals surface area contributed by atoms with Gasteiger partial charge in [-0.2, -0.15) is 5.26 Å². The number of hydrogen-bond donors (Lipinski definition) is 0. The van der Waals surface area contributed by atoms with Crippen molar-refractivity contribution in [2.45, 2.75) is 13.3 Å². The molecule has 0 aliphatic heterocycles. The predicted molar refractivity (Wildman–Crippen MR) is 62.2 cm³/mol. The lowest BCUT2D eigenvalue weighted by Crippen LogP contribution is -1.99. The van der Waals surface area contributed by atoms with E-state index in [1.165, 1.54) is 0 Å². The zero-order valence-electron chi connectivity index (χ0n) is 9.10. The largest absolute Gasteiger partial charge is 0.478 e. The summed E-state index contributed by atoms with van der Waals surface area (Å²) in [6.07, 6.45) is 0.327. The van der Waals surface area contributed by atoms with Gasteiger partial charge in [0.25, 0.3) is 0 Å². The third kappa shape index (κ3) is 1.96. The summed E-state index contributed by atoms with van der Waals surface area (Å²) in [5.41, 5.74) is 1.75. The van der Waals surface area contributed by atoms with Gasteiger partial charge in [0, 0.05) is 10.9 Å². The van der Waals surface area contributed by atoms with Gasteiger partial charge in [-0.15, -0.1) is 0 Å². The van der Waals surface area contributed by atoms with E-state index in [4.69, 9.17) is 10.00 Å². The van der Waals surface area contributed by atoms with Crippen LogP contribution in [-0.4, -0.2) is 11.6 Å². The number of nitriles is 1. The molecule has 0 N–H and O–H groups in total. The molecule has 1 aromatic carbocycles. The van der Waals surface area contributed by atoms with Crippen LogP contribution in [0.3, 0.4) is 0 Å². The molecule has 1 heterocycles. The molecule has 0 atom stereocenters. The number of para-hydroxylation sites is 1. The van der Waals surface area contributed by atoms with E-state index < -0.39 is 0 Å². The number of fused-ring (bicyclic) bond motifs is 1. The first-order valence-corrected chi connectivity index (χ1v) is 5.23. The van der Waals surface area contributed by atoms with Crippen LogP contribution in [0.5, 0.6) is 5.88 Å². The van der Waals surface area contributed by atoms with E-state index in [1.54, 1.807) is 0 Å². The van der Waals surface area contributed by atoms with E-state index in [2.05, 4.69) is 11.1 Å². The molecule has 3 nitrogen and oxygen atoms in total. The van der Waals surface area contributed by atoms with Crippen molar-refractivity contribution in [1.29, 1.82) is 5.26 Å². The molecule has 1 aromatic heterocycles. The number of pyridine rings is 1. The van der Waals surface area contributed by atoms with Gasteiger partial charge in [-0.25, -0.2) is 4.98 Å². The van der Waals surface area contributed by atoms with Crippen molar-refractivity contribution in [1.82, 2.24) is 4.98 Å². The smallest absolute Gasteiger partial charge is 0.218 e. The molecule has 0 saturated heterocycles. The van der Waals surface area contributed by atoms with E-state index >= 15 is 0 Å². The van der Waals surface area contributed by atoms with E-state index in [-0.39, 0.29) is 0 Å². The lowest BCUT2D eigenvalue weighted by atomic mass is 10.1. The summed E-state index contributed by atoms with van der Waals surface area (Å²) >= 11 is 0. The van der Waals surface area contributed by atoms with Crippen LogP contribution in [-0.2, 0) is 6.42 Å². The Morgan fingerprint density at radius 1 is 1.38 bits per heavy atom.